The highest BCUT2D eigenvalue weighted by molar-refractivity contribution is 5.85. The van der Waals surface area contributed by atoms with E-state index < -0.39 is 17.9 Å². The van der Waals surface area contributed by atoms with E-state index in [1.165, 1.54) is 30.3 Å². The second-order valence-electron chi connectivity index (χ2n) is 7.59. The van der Waals surface area contributed by atoms with Gasteiger partial charge in [0.1, 0.15) is 23.8 Å². The first-order valence-electron chi connectivity index (χ1n) is 10.5. The molecular formula is C23H22F3N7O. The maximum atomic E-state index is 13.6. The number of anilines is 1. The van der Waals surface area contributed by atoms with Crippen LogP contribution in [0.3, 0.4) is 0 Å². The summed E-state index contributed by atoms with van der Waals surface area (Å²) in [5.74, 6) is -0.448. The zero-order chi connectivity index (χ0) is 24.4. The number of nitrogens with zero attached hydrogens (tertiary/aromatic N) is 6. The normalized spacial score (nSPS) is 11.3. The van der Waals surface area contributed by atoms with Crippen LogP contribution < -0.4 is 10.5 Å². The summed E-state index contributed by atoms with van der Waals surface area (Å²) in [4.78, 5) is 12.5. The number of halogens is 3. The minimum Gasteiger partial charge on any atom is -0.470 e. The molecule has 0 radical (unpaired) electrons. The van der Waals surface area contributed by atoms with E-state index in [-0.39, 0.29) is 18.4 Å². The summed E-state index contributed by atoms with van der Waals surface area (Å²) in [5, 5.41) is 8.15. The van der Waals surface area contributed by atoms with Gasteiger partial charge in [0.25, 0.3) is 6.43 Å². The smallest absolute Gasteiger partial charge is 0.280 e. The molecule has 11 heteroatoms. The van der Waals surface area contributed by atoms with E-state index in [1.54, 1.807) is 24.7 Å². The fourth-order valence-electron chi connectivity index (χ4n) is 3.69. The lowest BCUT2D eigenvalue weighted by atomic mass is 9.99. The van der Waals surface area contributed by atoms with Crippen LogP contribution >= 0.6 is 0 Å². The van der Waals surface area contributed by atoms with Gasteiger partial charge in [0.05, 0.1) is 17.0 Å². The fourth-order valence-corrected chi connectivity index (χ4v) is 3.69. The lowest BCUT2D eigenvalue weighted by Crippen LogP contribution is -2.08. The van der Waals surface area contributed by atoms with Crippen molar-refractivity contribution in [3.05, 3.63) is 65.0 Å². The van der Waals surface area contributed by atoms with E-state index in [0.29, 0.717) is 40.2 Å². The molecule has 0 aliphatic carbocycles. The molecule has 0 atom stereocenters. The molecule has 0 unspecified atom stereocenters. The number of aryl methyl sites for hydroxylation is 2. The third-order valence-corrected chi connectivity index (χ3v) is 5.20. The molecule has 176 valence electrons. The first-order valence-corrected chi connectivity index (χ1v) is 10.5. The van der Waals surface area contributed by atoms with Gasteiger partial charge in [-0.25, -0.2) is 18.2 Å². The fraction of sp³-hybridized carbons (Fsp3) is 0.261. The molecule has 3 aromatic heterocycles. The number of hydrogen-bond donors (Lipinski definition) is 1. The summed E-state index contributed by atoms with van der Waals surface area (Å²) in [6, 6.07) is 8.46. The number of nitrogen functional groups attached to an aromatic ring is 1. The predicted molar refractivity (Wildman–Crippen MR) is 119 cm³/mol. The molecule has 4 rings (SSSR count). The van der Waals surface area contributed by atoms with Crippen molar-refractivity contribution in [3.63, 3.8) is 0 Å². The monoisotopic (exact) mass is 469 g/mol. The third-order valence-electron chi connectivity index (χ3n) is 5.20. The van der Waals surface area contributed by atoms with Gasteiger partial charge in [0.2, 0.25) is 11.8 Å². The Kier molecular flexibility index (Phi) is 6.44. The van der Waals surface area contributed by atoms with Gasteiger partial charge in [-0.2, -0.15) is 4.98 Å². The Bertz CT molecular complexity index is 1320. The van der Waals surface area contributed by atoms with Crippen molar-refractivity contribution in [2.45, 2.75) is 33.3 Å². The largest absolute Gasteiger partial charge is 0.470 e. The van der Waals surface area contributed by atoms with Crippen LogP contribution in [0, 0.1) is 12.7 Å². The zero-order valence-corrected chi connectivity index (χ0v) is 18.8. The molecule has 0 saturated heterocycles. The topological polar surface area (TPSA) is 105 Å². The molecular weight excluding hydrogens is 447 g/mol. The second kappa shape index (κ2) is 9.46. The summed E-state index contributed by atoms with van der Waals surface area (Å²) in [7, 11) is 1.78. The Hall–Kier alpha value is -4.02. The summed E-state index contributed by atoms with van der Waals surface area (Å²) >= 11 is 0. The maximum absolute atomic E-state index is 13.6. The van der Waals surface area contributed by atoms with Crippen molar-refractivity contribution < 1.29 is 17.9 Å². The molecule has 0 aliphatic heterocycles. The van der Waals surface area contributed by atoms with Crippen LogP contribution in [0.2, 0.25) is 0 Å². The van der Waals surface area contributed by atoms with Crippen molar-refractivity contribution in [1.82, 2.24) is 29.9 Å². The highest BCUT2D eigenvalue weighted by Gasteiger charge is 2.22. The number of rotatable bonds is 7. The summed E-state index contributed by atoms with van der Waals surface area (Å²) in [6.45, 7) is 3.60. The standard InChI is InChI=1S/C23H22F3N7O/c1-4-18-17(31-32-33(18)3)11-34-22-19(14-9-12(2)28-16(10-14)21(25)26)20(29-23(27)30-22)13-5-7-15(24)8-6-13/h5-10,21H,4,11H2,1-3H3,(H2,27,29,30). The van der Waals surface area contributed by atoms with E-state index >= 15 is 0 Å². The second-order valence-corrected chi connectivity index (χ2v) is 7.59. The summed E-state index contributed by atoms with van der Waals surface area (Å²) in [6.07, 6.45) is -2.10. The number of aromatic nitrogens is 6. The molecule has 0 bridgehead atoms. The third kappa shape index (κ3) is 4.68. The summed E-state index contributed by atoms with van der Waals surface area (Å²) in [5.41, 5.74) is 8.95. The Morgan fingerprint density at radius 1 is 1.06 bits per heavy atom. The van der Waals surface area contributed by atoms with Crippen LogP contribution in [0.5, 0.6) is 5.88 Å². The number of hydrogen-bond acceptors (Lipinski definition) is 7. The van der Waals surface area contributed by atoms with Crippen LogP contribution in [0.4, 0.5) is 19.1 Å². The van der Waals surface area contributed by atoms with Crippen LogP contribution in [0.25, 0.3) is 22.4 Å². The van der Waals surface area contributed by atoms with Crippen molar-refractivity contribution in [1.29, 1.82) is 0 Å². The molecule has 1 aromatic carbocycles. The van der Waals surface area contributed by atoms with Crippen molar-refractivity contribution in [2.24, 2.45) is 7.05 Å². The van der Waals surface area contributed by atoms with E-state index in [2.05, 4.69) is 25.3 Å². The molecule has 0 aliphatic rings. The molecule has 8 nitrogen and oxygen atoms in total. The quantitative estimate of drug-likeness (QED) is 0.427. The van der Waals surface area contributed by atoms with Crippen LogP contribution in [-0.2, 0) is 20.1 Å². The maximum Gasteiger partial charge on any atom is 0.280 e. The minimum absolute atomic E-state index is 0.0229. The molecule has 3 heterocycles. The minimum atomic E-state index is -2.78. The predicted octanol–water partition coefficient (Wildman–Crippen LogP) is 4.44. The number of ether oxygens (including phenoxy) is 1. The molecule has 4 aromatic rings. The van der Waals surface area contributed by atoms with Gasteiger partial charge in [-0.15, -0.1) is 5.10 Å². The summed E-state index contributed by atoms with van der Waals surface area (Å²) < 4.78 is 48.3. The SMILES string of the molecule is CCc1c(COc2nc(N)nc(-c3ccc(F)cc3)c2-c2cc(C)nc(C(F)F)c2)nnn1C. The van der Waals surface area contributed by atoms with E-state index in [9.17, 15) is 13.2 Å². The molecule has 34 heavy (non-hydrogen) atoms. The Morgan fingerprint density at radius 2 is 1.79 bits per heavy atom. The highest BCUT2D eigenvalue weighted by atomic mass is 19.3. The number of benzene rings is 1. The lowest BCUT2D eigenvalue weighted by molar-refractivity contribution is 0.146. The van der Waals surface area contributed by atoms with Gasteiger partial charge in [-0.05, 0) is 55.3 Å². The van der Waals surface area contributed by atoms with Crippen molar-refractivity contribution in [2.75, 3.05) is 5.73 Å². The Labute approximate surface area is 193 Å². The molecule has 0 saturated carbocycles. The van der Waals surface area contributed by atoms with Crippen molar-refractivity contribution >= 4 is 5.95 Å². The first kappa shape index (κ1) is 23.1. The molecule has 0 fully saturated rings. The average molecular weight is 469 g/mol. The van der Waals surface area contributed by atoms with Gasteiger partial charge in [-0.3, -0.25) is 9.67 Å². The first-order chi connectivity index (χ1) is 16.3. The lowest BCUT2D eigenvalue weighted by Gasteiger charge is -2.16. The van der Waals surface area contributed by atoms with Gasteiger partial charge in [0.15, 0.2) is 0 Å². The molecule has 0 amide bonds. The van der Waals surface area contributed by atoms with Gasteiger partial charge >= 0.3 is 0 Å². The number of alkyl halides is 2. The van der Waals surface area contributed by atoms with Gasteiger partial charge in [0, 0.05) is 18.3 Å². The average Bonchev–Trinajstić information content (AvgIpc) is 3.16. The highest BCUT2D eigenvalue weighted by Crippen LogP contribution is 2.39. The Balaban J connectivity index is 1.89. The number of pyridine rings is 1. The van der Waals surface area contributed by atoms with Crippen molar-refractivity contribution in [3.8, 4) is 28.3 Å². The Morgan fingerprint density at radius 3 is 2.47 bits per heavy atom. The number of nitrogens with two attached hydrogens (primary N) is 1. The van der Waals surface area contributed by atoms with E-state index in [4.69, 9.17) is 10.5 Å². The van der Waals surface area contributed by atoms with E-state index in [0.717, 1.165) is 5.69 Å². The van der Waals surface area contributed by atoms with Gasteiger partial charge < -0.3 is 10.5 Å². The van der Waals surface area contributed by atoms with E-state index in [1.807, 2.05) is 6.92 Å². The zero-order valence-electron chi connectivity index (χ0n) is 18.8. The van der Waals surface area contributed by atoms with Crippen LogP contribution in [-0.4, -0.2) is 29.9 Å². The van der Waals surface area contributed by atoms with Gasteiger partial charge in [-0.1, -0.05) is 12.1 Å². The van der Waals surface area contributed by atoms with Crippen LogP contribution in [0.15, 0.2) is 36.4 Å². The molecule has 2 N–H and O–H groups in total. The molecule has 0 spiro atoms. The van der Waals surface area contributed by atoms with Crippen LogP contribution in [0.1, 0.15) is 36.1 Å².